The van der Waals surface area contributed by atoms with Crippen LogP contribution in [0, 0.1) is 5.92 Å². The molecule has 0 saturated heterocycles. The second kappa shape index (κ2) is 6.25. The van der Waals surface area contributed by atoms with Gasteiger partial charge in [0.05, 0.1) is 19.6 Å². The first kappa shape index (κ1) is 13.5. The summed E-state index contributed by atoms with van der Waals surface area (Å²) < 4.78 is 5.02. The van der Waals surface area contributed by atoms with Crippen LogP contribution in [0.2, 0.25) is 0 Å². The number of aliphatic hydroxyl groups excluding tert-OH is 1. The Labute approximate surface area is 102 Å². The van der Waals surface area contributed by atoms with Crippen LogP contribution >= 0.6 is 0 Å². The van der Waals surface area contributed by atoms with Crippen molar-refractivity contribution < 1.29 is 14.6 Å². The molecule has 2 N–H and O–H groups in total. The second-order valence-corrected chi connectivity index (χ2v) is 4.29. The topological polar surface area (TPSA) is 58.6 Å². The minimum absolute atomic E-state index is 0.0802. The molecule has 1 rings (SSSR count). The number of benzene rings is 1. The molecule has 0 bridgehead atoms. The van der Waals surface area contributed by atoms with Crippen LogP contribution in [0.4, 0.5) is 5.69 Å². The van der Waals surface area contributed by atoms with E-state index in [-0.39, 0.29) is 18.2 Å². The fraction of sp³-hybridized carbons (Fsp3) is 0.462. The number of nitrogens with one attached hydrogen (secondary N) is 1. The quantitative estimate of drug-likeness (QED) is 0.824. The summed E-state index contributed by atoms with van der Waals surface area (Å²) in [6.07, 6.45) is -0.489. The summed E-state index contributed by atoms with van der Waals surface area (Å²) >= 11 is 0. The maximum atomic E-state index is 11.6. The summed E-state index contributed by atoms with van der Waals surface area (Å²) in [4.78, 5) is 11.6. The number of hydrogen-bond acceptors (Lipinski definition) is 3. The lowest BCUT2D eigenvalue weighted by Crippen LogP contribution is -2.23. The van der Waals surface area contributed by atoms with Crippen molar-refractivity contribution in [1.29, 1.82) is 0 Å². The number of rotatable bonds is 5. The van der Waals surface area contributed by atoms with Gasteiger partial charge in [0.2, 0.25) is 5.91 Å². The molecule has 0 fully saturated rings. The Morgan fingerprint density at radius 3 is 2.41 bits per heavy atom. The molecular formula is C13H19NO3. The number of amides is 1. The number of methoxy groups -OCH3 is 1. The molecule has 0 aromatic heterocycles. The van der Waals surface area contributed by atoms with Gasteiger partial charge in [0.15, 0.2) is 0 Å². The van der Waals surface area contributed by atoms with Gasteiger partial charge in [-0.05, 0) is 30.2 Å². The molecule has 0 spiro atoms. The third-order valence-corrected chi connectivity index (χ3v) is 2.54. The van der Waals surface area contributed by atoms with Gasteiger partial charge in [-0.15, -0.1) is 0 Å². The monoisotopic (exact) mass is 237 g/mol. The van der Waals surface area contributed by atoms with Crippen molar-refractivity contribution in [3.05, 3.63) is 24.3 Å². The van der Waals surface area contributed by atoms with Crippen molar-refractivity contribution in [2.75, 3.05) is 12.4 Å². The van der Waals surface area contributed by atoms with Crippen molar-refractivity contribution in [2.24, 2.45) is 5.92 Å². The lowest BCUT2D eigenvalue weighted by Gasteiger charge is -2.14. The van der Waals surface area contributed by atoms with Crippen molar-refractivity contribution in [3.63, 3.8) is 0 Å². The summed E-state index contributed by atoms with van der Waals surface area (Å²) in [5, 5.41) is 12.3. The summed E-state index contributed by atoms with van der Waals surface area (Å²) in [6, 6.07) is 7.07. The van der Waals surface area contributed by atoms with Crippen molar-refractivity contribution in [3.8, 4) is 5.75 Å². The normalized spacial score (nSPS) is 12.3. The van der Waals surface area contributed by atoms with Crippen LogP contribution < -0.4 is 10.1 Å². The summed E-state index contributed by atoms with van der Waals surface area (Å²) in [5.41, 5.74) is 0.701. The SMILES string of the molecule is COc1ccc(NC(=O)CC(O)C(C)C)cc1. The number of carbonyl (C=O) groups excluding carboxylic acids is 1. The second-order valence-electron chi connectivity index (χ2n) is 4.29. The van der Waals surface area contributed by atoms with Crippen molar-refractivity contribution in [2.45, 2.75) is 26.4 Å². The van der Waals surface area contributed by atoms with Gasteiger partial charge in [0, 0.05) is 5.69 Å². The van der Waals surface area contributed by atoms with Crippen molar-refractivity contribution >= 4 is 11.6 Å². The Kier molecular flexibility index (Phi) is 4.97. The number of carbonyl (C=O) groups is 1. The molecule has 4 nitrogen and oxygen atoms in total. The van der Waals surface area contributed by atoms with Gasteiger partial charge in [0.1, 0.15) is 5.75 Å². The van der Waals surface area contributed by atoms with Gasteiger partial charge >= 0.3 is 0 Å². The third-order valence-electron chi connectivity index (χ3n) is 2.54. The number of hydrogen-bond donors (Lipinski definition) is 2. The highest BCUT2D eigenvalue weighted by Gasteiger charge is 2.14. The van der Waals surface area contributed by atoms with E-state index in [1.807, 2.05) is 13.8 Å². The van der Waals surface area contributed by atoms with E-state index in [4.69, 9.17) is 4.74 Å². The van der Waals surface area contributed by atoms with E-state index < -0.39 is 6.10 Å². The average molecular weight is 237 g/mol. The number of ether oxygens (including phenoxy) is 1. The maximum Gasteiger partial charge on any atom is 0.226 e. The number of anilines is 1. The van der Waals surface area contributed by atoms with E-state index in [0.29, 0.717) is 5.69 Å². The first-order chi connectivity index (χ1) is 8.02. The highest BCUT2D eigenvalue weighted by molar-refractivity contribution is 5.91. The van der Waals surface area contributed by atoms with Gasteiger partial charge in [-0.1, -0.05) is 13.8 Å². The highest BCUT2D eigenvalue weighted by atomic mass is 16.5. The first-order valence-electron chi connectivity index (χ1n) is 5.65. The minimum Gasteiger partial charge on any atom is -0.497 e. The van der Waals surface area contributed by atoms with E-state index in [2.05, 4.69) is 5.32 Å². The van der Waals surface area contributed by atoms with Crippen LogP contribution in [-0.2, 0) is 4.79 Å². The minimum atomic E-state index is -0.603. The maximum absolute atomic E-state index is 11.6. The summed E-state index contributed by atoms with van der Waals surface area (Å²) in [5.74, 6) is 0.637. The molecular weight excluding hydrogens is 218 g/mol. The molecule has 0 saturated carbocycles. The fourth-order valence-corrected chi connectivity index (χ4v) is 1.31. The zero-order chi connectivity index (χ0) is 12.8. The lowest BCUT2D eigenvalue weighted by molar-refractivity contribution is -0.118. The van der Waals surface area contributed by atoms with Gasteiger partial charge in [-0.3, -0.25) is 4.79 Å². The molecule has 4 heteroatoms. The van der Waals surface area contributed by atoms with E-state index >= 15 is 0 Å². The molecule has 0 radical (unpaired) electrons. The van der Waals surface area contributed by atoms with Crippen LogP contribution in [-0.4, -0.2) is 24.2 Å². The first-order valence-corrected chi connectivity index (χ1v) is 5.65. The van der Waals surface area contributed by atoms with Gasteiger partial charge in [-0.25, -0.2) is 0 Å². The smallest absolute Gasteiger partial charge is 0.226 e. The molecule has 17 heavy (non-hydrogen) atoms. The molecule has 0 aliphatic carbocycles. The largest absolute Gasteiger partial charge is 0.497 e. The standard InChI is InChI=1S/C13H19NO3/c1-9(2)12(15)8-13(16)14-10-4-6-11(17-3)7-5-10/h4-7,9,12,15H,8H2,1-3H3,(H,14,16). The third kappa shape index (κ3) is 4.44. The molecule has 94 valence electrons. The predicted molar refractivity (Wildman–Crippen MR) is 67.1 cm³/mol. The molecule has 1 atom stereocenters. The highest BCUT2D eigenvalue weighted by Crippen LogP contribution is 2.15. The van der Waals surface area contributed by atoms with Crippen LogP contribution in [0.5, 0.6) is 5.75 Å². The van der Waals surface area contributed by atoms with Crippen LogP contribution in [0.15, 0.2) is 24.3 Å². The van der Waals surface area contributed by atoms with Gasteiger partial charge < -0.3 is 15.2 Å². The molecule has 0 aliphatic rings. The van der Waals surface area contributed by atoms with E-state index in [1.165, 1.54) is 0 Å². The van der Waals surface area contributed by atoms with Crippen LogP contribution in [0.1, 0.15) is 20.3 Å². The summed E-state index contributed by atoms with van der Waals surface area (Å²) in [7, 11) is 1.59. The Morgan fingerprint density at radius 2 is 1.94 bits per heavy atom. The van der Waals surface area contributed by atoms with E-state index in [9.17, 15) is 9.90 Å². The zero-order valence-electron chi connectivity index (χ0n) is 10.4. The van der Waals surface area contributed by atoms with Crippen LogP contribution in [0.3, 0.4) is 0 Å². The molecule has 0 aliphatic heterocycles. The summed E-state index contributed by atoms with van der Waals surface area (Å²) in [6.45, 7) is 3.76. The average Bonchev–Trinajstić information content (AvgIpc) is 2.29. The fourth-order valence-electron chi connectivity index (χ4n) is 1.31. The molecule has 1 unspecified atom stereocenters. The zero-order valence-corrected chi connectivity index (χ0v) is 10.4. The predicted octanol–water partition coefficient (Wildman–Crippen LogP) is 2.04. The van der Waals surface area contributed by atoms with Gasteiger partial charge in [-0.2, -0.15) is 0 Å². The Hall–Kier alpha value is -1.55. The van der Waals surface area contributed by atoms with Crippen molar-refractivity contribution in [1.82, 2.24) is 0 Å². The lowest BCUT2D eigenvalue weighted by atomic mass is 10.0. The Bertz CT molecular complexity index is 359. The van der Waals surface area contributed by atoms with E-state index in [0.717, 1.165) is 5.75 Å². The van der Waals surface area contributed by atoms with Gasteiger partial charge in [0.25, 0.3) is 0 Å². The number of aliphatic hydroxyl groups is 1. The molecule has 1 amide bonds. The Balaban J connectivity index is 2.50. The Morgan fingerprint density at radius 1 is 1.35 bits per heavy atom. The van der Waals surface area contributed by atoms with Crippen LogP contribution in [0.25, 0.3) is 0 Å². The molecule has 1 aromatic carbocycles. The molecule has 1 aromatic rings. The molecule has 0 heterocycles. The van der Waals surface area contributed by atoms with E-state index in [1.54, 1.807) is 31.4 Å².